The Hall–Kier alpha value is -1.67. The molecule has 7 unspecified atom stereocenters. The first-order valence-electron chi connectivity index (χ1n) is 6.60. The van der Waals surface area contributed by atoms with E-state index in [1.54, 1.807) is 0 Å². The molecule has 0 aromatic heterocycles. The molecule has 7 N–H and O–H groups in total. The van der Waals surface area contributed by atoms with Crippen LogP contribution < -0.4 is 0 Å². The van der Waals surface area contributed by atoms with Crippen LogP contribution in [0.15, 0.2) is 0 Å². The average Bonchev–Trinajstić information content (AvgIpc) is 2.59. The summed E-state index contributed by atoms with van der Waals surface area (Å²) in [6.45, 7) is -1.31. The number of Topliss-reactive ketones (excluding diaryl/α,β-unsaturated/α-hetero) is 1. The van der Waals surface area contributed by atoms with Crippen molar-refractivity contribution in [2.45, 2.75) is 42.2 Å². The zero-order chi connectivity index (χ0) is 18.8. The first kappa shape index (κ1) is 20.4. The van der Waals surface area contributed by atoms with Gasteiger partial charge in [0.25, 0.3) is 0 Å². The van der Waals surface area contributed by atoms with Crippen molar-refractivity contribution in [1.82, 2.24) is 0 Å². The molecule has 138 valence electrons. The second-order valence-corrected chi connectivity index (χ2v) is 5.10. The summed E-state index contributed by atoms with van der Waals surface area (Å²) in [4.78, 5) is 34.9. The van der Waals surface area contributed by atoms with Crippen molar-refractivity contribution in [2.75, 3.05) is 13.7 Å². The monoisotopic (exact) mass is 354 g/mol. The number of esters is 2. The first-order chi connectivity index (χ1) is 11.0. The zero-order valence-electron chi connectivity index (χ0n) is 12.3. The van der Waals surface area contributed by atoms with Crippen molar-refractivity contribution in [3.63, 3.8) is 0 Å². The van der Waals surface area contributed by atoms with E-state index in [4.69, 9.17) is 5.11 Å². The minimum atomic E-state index is -3.39. The van der Waals surface area contributed by atoms with Crippen LogP contribution in [0.2, 0.25) is 0 Å². The number of ketones is 1. The Kier molecular flexibility index (Phi) is 6.35. The fourth-order valence-electron chi connectivity index (χ4n) is 2.19. The molecule has 0 radical (unpaired) electrons. The second-order valence-electron chi connectivity index (χ2n) is 5.10. The Balaban J connectivity index is 3.32. The van der Waals surface area contributed by atoms with E-state index in [9.17, 15) is 45.0 Å². The molecule has 12 heteroatoms. The molecule has 1 fully saturated rings. The summed E-state index contributed by atoms with van der Waals surface area (Å²) >= 11 is 0. The van der Waals surface area contributed by atoms with E-state index < -0.39 is 66.6 Å². The number of hydrogen-bond donors (Lipinski definition) is 7. The van der Waals surface area contributed by atoms with Gasteiger partial charge in [-0.2, -0.15) is 0 Å². The van der Waals surface area contributed by atoms with Gasteiger partial charge in [0.15, 0.2) is 17.8 Å². The Bertz CT molecular complexity index is 506. The molecule has 0 amide bonds. The third kappa shape index (κ3) is 3.25. The largest absolute Gasteiger partial charge is 0.467 e. The lowest BCUT2D eigenvalue weighted by molar-refractivity contribution is -0.246. The molecule has 1 aliphatic rings. The molecular formula is C12H18O12. The number of cyclic esters (lactones) is 1. The molecule has 1 aliphatic heterocycles. The normalized spacial score (nSPS) is 32.2. The number of carbonyl (C=O) groups is 3. The molecule has 12 nitrogen and oxygen atoms in total. The van der Waals surface area contributed by atoms with Gasteiger partial charge in [0.1, 0.15) is 18.3 Å². The maximum Gasteiger partial charge on any atom is 0.342 e. The van der Waals surface area contributed by atoms with Crippen molar-refractivity contribution < 1.29 is 59.6 Å². The number of hydrogen-bond acceptors (Lipinski definition) is 12. The lowest BCUT2D eigenvalue weighted by Gasteiger charge is -2.44. The van der Waals surface area contributed by atoms with Crippen LogP contribution in [0.4, 0.5) is 0 Å². The number of aliphatic hydroxyl groups is 7. The van der Waals surface area contributed by atoms with Gasteiger partial charge >= 0.3 is 11.9 Å². The van der Waals surface area contributed by atoms with Crippen molar-refractivity contribution in [3.8, 4) is 0 Å². The maximum absolute atomic E-state index is 12.2. The quantitative estimate of drug-likeness (QED) is 0.175. The summed E-state index contributed by atoms with van der Waals surface area (Å²) in [6.07, 6.45) is -14.2. The van der Waals surface area contributed by atoms with Gasteiger partial charge in [-0.05, 0) is 0 Å². The summed E-state index contributed by atoms with van der Waals surface area (Å²) in [5, 5.41) is 67.4. The van der Waals surface area contributed by atoms with Crippen LogP contribution in [-0.4, -0.2) is 109 Å². The fourth-order valence-corrected chi connectivity index (χ4v) is 2.19. The maximum atomic E-state index is 12.2. The number of aliphatic hydroxyl groups excluding tert-OH is 6. The van der Waals surface area contributed by atoms with E-state index in [0.29, 0.717) is 0 Å². The van der Waals surface area contributed by atoms with Gasteiger partial charge in [-0.3, -0.25) is 4.79 Å². The van der Waals surface area contributed by atoms with Gasteiger partial charge in [0.05, 0.1) is 13.7 Å². The summed E-state index contributed by atoms with van der Waals surface area (Å²) < 4.78 is 8.54. The highest BCUT2D eigenvalue weighted by Crippen LogP contribution is 2.30. The standard InChI is InChI=1S/C12H18O12/c1-23-10(20)7(18)8(19)12(22,3(14)2-13)9-5(16)4(15)6(17)11(21)24-9/h3-7,9,13-18,22H,2H2,1H3. The van der Waals surface area contributed by atoms with E-state index in [-0.39, 0.29) is 0 Å². The van der Waals surface area contributed by atoms with Crippen LogP contribution in [0.5, 0.6) is 0 Å². The Labute approximate surface area is 134 Å². The number of methoxy groups -OCH3 is 1. The molecular weight excluding hydrogens is 336 g/mol. The van der Waals surface area contributed by atoms with Gasteiger partial charge < -0.3 is 45.2 Å². The minimum Gasteiger partial charge on any atom is -0.467 e. The lowest BCUT2D eigenvalue weighted by Crippen LogP contribution is -2.71. The summed E-state index contributed by atoms with van der Waals surface area (Å²) in [7, 11) is 0.802. The van der Waals surface area contributed by atoms with E-state index in [1.807, 2.05) is 0 Å². The SMILES string of the molecule is COC(=O)C(O)C(=O)C(O)(C(O)CO)C1OC(=O)C(O)C(O)C1O. The fraction of sp³-hybridized carbons (Fsp3) is 0.750. The molecule has 0 aromatic carbocycles. The van der Waals surface area contributed by atoms with Gasteiger partial charge in [-0.25, -0.2) is 9.59 Å². The minimum absolute atomic E-state index is 0.802. The Morgan fingerprint density at radius 2 is 1.79 bits per heavy atom. The molecule has 1 saturated heterocycles. The topological polar surface area (TPSA) is 211 Å². The molecule has 24 heavy (non-hydrogen) atoms. The van der Waals surface area contributed by atoms with Crippen LogP contribution in [0.25, 0.3) is 0 Å². The van der Waals surface area contributed by atoms with Crippen LogP contribution in [-0.2, 0) is 23.9 Å². The summed E-state index contributed by atoms with van der Waals surface area (Å²) in [6, 6.07) is 0. The van der Waals surface area contributed by atoms with Crippen LogP contribution in [0.3, 0.4) is 0 Å². The summed E-state index contributed by atoms with van der Waals surface area (Å²) in [5.41, 5.74) is -3.39. The molecule has 0 aliphatic carbocycles. The van der Waals surface area contributed by atoms with Gasteiger partial charge in [-0.1, -0.05) is 0 Å². The average molecular weight is 354 g/mol. The van der Waals surface area contributed by atoms with Crippen LogP contribution >= 0.6 is 0 Å². The third-order valence-corrected chi connectivity index (χ3v) is 3.65. The van der Waals surface area contributed by atoms with Crippen molar-refractivity contribution in [3.05, 3.63) is 0 Å². The molecule has 1 heterocycles. The second kappa shape index (κ2) is 7.48. The molecule has 0 saturated carbocycles. The molecule has 0 spiro atoms. The third-order valence-electron chi connectivity index (χ3n) is 3.65. The Morgan fingerprint density at radius 3 is 2.25 bits per heavy atom. The zero-order valence-corrected chi connectivity index (χ0v) is 12.3. The van der Waals surface area contributed by atoms with Gasteiger partial charge in [0.2, 0.25) is 11.9 Å². The number of ether oxygens (including phenoxy) is 2. The van der Waals surface area contributed by atoms with Crippen molar-refractivity contribution in [1.29, 1.82) is 0 Å². The Morgan fingerprint density at radius 1 is 1.25 bits per heavy atom. The highest BCUT2D eigenvalue weighted by molar-refractivity contribution is 6.06. The van der Waals surface area contributed by atoms with E-state index in [2.05, 4.69) is 9.47 Å². The van der Waals surface area contributed by atoms with Gasteiger partial charge in [0, 0.05) is 0 Å². The predicted octanol–water partition coefficient (Wildman–Crippen LogP) is -5.82. The smallest absolute Gasteiger partial charge is 0.342 e. The molecule has 7 atom stereocenters. The van der Waals surface area contributed by atoms with Crippen molar-refractivity contribution >= 4 is 17.7 Å². The van der Waals surface area contributed by atoms with E-state index in [0.717, 1.165) is 7.11 Å². The molecule has 0 aromatic rings. The number of rotatable bonds is 6. The number of carbonyl (C=O) groups excluding carboxylic acids is 3. The molecule has 0 bridgehead atoms. The van der Waals surface area contributed by atoms with Gasteiger partial charge in [-0.15, -0.1) is 0 Å². The first-order valence-corrected chi connectivity index (χ1v) is 6.60. The van der Waals surface area contributed by atoms with Crippen LogP contribution in [0.1, 0.15) is 0 Å². The highest BCUT2D eigenvalue weighted by atomic mass is 16.6. The van der Waals surface area contributed by atoms with E-state index >= 15 is 0 Å². The predicted molar refractivity (Wildman–Crippen MR) is 69.0 cm³/mol. The van der Waals surface area contributed by atoms with Crippen LogP contribution in [0, 0.1) is 0 Å². The molecule has 1 rings (SSSR count). The van der Waals surface area contributed by atoms with Crippen molar-refractivity contribution in [2.24, 2.45) is 0 Å². The summed E-state index contributed by atoms with van der Waals surface area (Å²) in [5.74, 6) is -4.96. The van der Waals surface area contributed by atoms with E-state index in [1.165, 1.54) is 0 Å². The lowest BCUT2D eigenvalue weighted by atomic mass is 9.78. The highest BCUT2D eigenvalue weighted by Gasteiger charge is 2.61.